The lowest BCUT2D eigenvalue weighted by Gasteiger charge is -2.33. The van der Waals surface area contributed by atoms with Crippen molar-refractivity contribution in [2.24, 2.45) is 0 Å². The second-order valence-corrected chi connectivity index (χ2v) is 6.74. The van der Waals surface area contributed by atoms with Gasteiger partial charge in [-0.3, -0.25) is 14.9 Å². The summed E-state index contributed by atoms with van der Waals surface area (Å²) in [4.78, 5) is 28.4. The van der Waals surface area contributed by atoms with E-state index < -0.39 is 12.1 Å². The number of piperidine rings is 1. The van der Waals surface area contributed by atoms with Crippen LogP contribution in [0.5, 0.6) is 0 Å². The van der Waals surface area contributed by atoms with E-state index in [9.17, 15) is 14.9 Å². The number of likely N-dealkylation sites (tertiary alicyclic amines) is 1. The fraction of sp³-hybridized carbons (Fsp3) is 0.471. The predicted octanol–water partition coefficient (Wildman–Crippen LogP) is 0.996. The van der Waals surface area contributed by atoms with Gasteiger partial charge in [-0.1, -0.05) is 18.2 Å². The second-order valence-electron chi connectivity index (χ2n) is 6.74. The zero-order valence-corrected chi connectivity index (χ0v) is 13.8. The van der Waals surface area contributed by atoms with Crippen molar-refractivity contribution < 1.29 is 9.72 Å². The number of para-hydroxylation sites is 1. The van der Waals surface area contributed by atoms with Crippen LogP contribution in [-0.2, 0) is 4.79 Å². The van der Waals surface area contributed by atoms with Gasteiger partial charge in [-0.25, -0.2) is 10.9 Å². The summed E-state index contributed by atoms with van der Waals surface area (Å²) in [5.74, 6) is 0.227. The third kappa shape index (κ3) is 2.87. The third-order valence-electron chi connectivity index (χ3n) is 5.36. The molecule has 2 saturated heterocycles. The number of rotatable bonds is 3. The van der Waals surface area contributed by atoms with Crippen molar-refractivity contribution in [2.45, 2.75) is 30.8 Å². The fourth-order valence-corrected chi connectivity index (χ4v) is 3.95. The Hall–Kier alpha value is -2.45. The molecule has 3 N–H and O–H groups in total. The van der Waals surface area contributed by atoms with E-state index in [0.717, 1.165) is 18.4 Å². The zero-order valence-electron chi connectivity index (χ0n) is 13.8. The van der Waals surface area contributed by atoms with Crippen LogP contribution < -0.4 is 10.9 Å². The first-order valence-corrected chi connectivity index (χ1v) is 8.62. The van der Waals surface area contributed by atoms with Crippen LogP contribution >= 0.6 is 0 Å². The molecule has 2 fully saturated rings. The van der Waals surface area contributed by atoms with Crippen LogP contribution in [-0.4, -0.2) is 52.4 Å². The smallest absolute Gasteiger partial charge is 0.252 e. The van der Waals surface area contributed by atoms with Crippen molar-refractivity contribution in [3.05, 3.63) is 46.1 Å². The van der Waals surface area contributed by atoms with Gasteiger partial charge in [0.2, 0.25) is 5.91 Å². The highest BCUT2D eigenvalue weighted by atomic mass is 16.6. The molecule has 4 rings (SSSR count). The van der Waals surface area contributed by atoms with Crippen molar-refractivity contribution in [1.82, 2.24) is 20.7 Å². The van der Waals surface area contributed by atoms with E-state index in [1.807, 2.05) is 12.1 Å². The number of aromatic amines is 1. The summed E-state index contributed by atoms with van der Waals surface area (Å²) in [5.41, 5.74) is 7.92. The van der Waals surface area contributed by atoms with E-state index in [1.165, 1.54) is 10.9 Å². The van der Waals surface area contributed by atoms with Gasteiger partial charge < -0.3 is 9.88 Å². The molecule has 0 spiro atoms. The predicted molar refractivity (Wildman–Crippen MR) is 92.6 cm³/mol. The Labute approximate surface area is 144 Å². The molecule has 0 radical (unpaired) electrons. The molecule has 8 nitrogen and oxygen atoms in total. The quantitative estimate of drug-likeness (QED) is 0.570. The normalized spacial score (nSPS) is 24.7. The number of aromatic nitrogens is 1. The summed E-state index contributed by atoms with van der Waals surface area (Å²) in [5, 5.41) is 12.3. The van der Waals surface area contributed by atoms with Crippen molar-refractivity contribution >= 4 is 16.8 Å². The Balaban J connectivity index is 1.43. The van der Waals surface area contributed by atoms with Crippen LogP contribution in [0.3, 0.4) is 0 Å². The largest absolute Gasteiger partial charge is 0.361 e. The molecule has 1 amide bonds. The highest BCUT2D eigenvalue weighted by Gasteiger charge is 2.43. The molecule has 8 heteroatoms. The van der Waals surface area contributed by atoms with E-state index in [2.05, 4.69) is 34.2 Å². The molecule has 2 aromatic rings. The zero-order chi connectivity index (χ0) is 17.4. The van der Waals surface area contributed by atoms with Crippen LogP contribution in [0, 0.1) is 10.1 Å². The molecule has 2 aliphatic heterocycles. The van der Waals surface area contributed by atoms with Gasteiger partial charge in [-0.2, -0.15) is 0 Å². The molecule has 25 heavy (non-hydrogen) atoms. The van der Waals surface area contributed by atoms with Gasteiger partial charge in [0.1, 0.15) is 0 Å². The number of hydrogen-bond acceptors (Lipinski definition) is 5. The maximum atomic E-state index is 12.6. The summed E-state index contributed by atoms with van der Waals surface area (Å²) in [6.45, 7) is 1.44. The molecule has 2 atom stereocenters. The van der Waals surface area contributed by atoms with Gasteiger partial charge >= 0.3 is 0 Å². The van der Waals surface area contributed by atoms with Gasteiger partial charge in [0.25, 0.3) is 6.04 Å². The average Bonchev–Trinajstić information content (AvgIpc) is 3.28. The lowest BCUT2D eigenvalue weighted by Crippen LogP contribution is -2.52. The second kappa shape index (κ2) is 6.45. The van der Waals surface area contributed by atoms with Crippen LogP contribution in [0.4, 0.5) is 0 Å². The first-order chi connectivity index (χ1) is 12.1. The average molecular weight is 343 g/mol. The highest BCUT2D eigenvalue weighted by molar-refractivity contribution is 5.84. The monoisotopic (exact) mass is 343 g/mol. The SMILES string of the molecule is O=C(C1NNCC1[N+](=O)[O-])N1CCC(c2c[nH]c3ccccc23)CC1. The van der Waals surface area contributed by atoms with Crippen LogP contribution in [0.1, 0.15) is 24.3 Å². The summed E-state index contributed by atoms with van der Waals surface area (Å²) in [7, 11) is 0. The standard InChI is InChI=1S/C17H21N5O3/c23-17(16-15(22(24)25)10-19-20-16)21-7-5-11(6-8-21)13-9-18-14-4-2-1-3-12(13)14/h1-4,9,11,15-16,18-20H,5-8,10H2. The molecule has 1 aromatic heterocycles. The molecule has 0 aliphatic carbocycles. The van der Waals surface area contributed by atoms with Crippen molar-refractivity contribution in [1.29, 1.82) is 0 Å². The number of fused-ring (bicyclic) bond motifs is 1. The maximum Gasteiger partial charge on any atom is 0.252 e. The molecule has 3 heterocycles. The summed E-state index contributed by atoms with van der Waals surface area (Å²) in [6.07, 6.45) is 3.81. The molecule has 2 aliphatic rings. The first kappa shape index (κ1) is 16.0. The molecule has 1 aromatic carbocycles. The minimum Gasteiger partial charge on any atom is -0.361 e. The molecule has 0 saturated carbocycles. The third-order valence-corrected chi connectivity index (χ3v) is 5.36. The number of H-pyrrole nitrogens is 1. The lowest BCUT2D eigenvalue weighted by atomic mass is 9.89. The Bertz CT molecular complexity index is 796. The van der Waals surface area contributed by atoms with E-state index in [1.54, 1.807) is 4.90 Å². The number of nitro groups is 1. The molecule has 2 unspecified atom stereocenters. The number of hydrogen-bond donors (Lipinski definition) is 3. The van der Waals surface area contributed by atoms with Crippen molar-refractivity contribution in [2.75, 3.05) is 19.6 Å². The minimum atomic E-state index is -0.904. The van der Waals surface area contributed by atoms with E-state index in [4.69, 9.17) is 0 Å². The number of carbonyl (C=O) groups is 1. The van der Waals surface area contributed by atoms with Gasteiger partial charge in [0, 0.05) is 35.1 Å². The minimum absolute atomic E-state index is 0.176. The Morgan fingerprint density at radius 3 is 2.76 bits per heavy atom. The summed E-state index contributed by atoms with van der Waals surface area (Å²) >= 11 is 0. The fourth-order valence-electron chi connectivity index (χ4n) is 3.95. The Morgan fingerprint density at radius 2 is 2.00 bits per heavy atom. The van der Waals surface area contributed by atoms with E-state index >= 15 is 0 Å². The molecular weight excluding hydrogens is 322 g/mol. The van der Waals surface area contributed by atoms with Gasteiger partial charge in [-0.15, -0.1) is 0 Å². The molecule has 0 bridgehead atoms. The topological polar surface area (TPSA) is 103 Å². The first-order valence-electron chi connectivity index (χ1n) is 8.62. The van der Waals surface area contributed by atoms with Crippen LogP contribution in [0.2, 0.25) is 0 Å². The van der Waals surface area contributed by atoms with Gasteiger partial charge in [0.15, 0.2) is 6.04 Å². The number of carbonyl (C=O) groups excluding carboxylic acids is 1. The Morgan fingerprint density at radius 1 is 1.24 bits per heavy atom. The molecule has 132 valence electrons. The maximum absolute atomic E-state index is 12.6. The van der Waals surface area contributed by atoms with Crippen molar-refractivity contribution in [3.63, 3.8) is 0 Å². The number of nitrogens with one attached hydrogen (secondary N) is 3. The number of benzene rings is 1. The number of nitrogens with zero attached hydrogens (tertiary/aromatic N) is 2. The summed E-state index contributed by atoms with van der Waals surface area (Å²) < 4.78 is 0. The Kier molecular flexibility index (Phi) is 4.14. The van der Waals surface area contributed by atoms with E-state index in [-0.39, 0.29) is 17.4 Å². The van der Waals surface area contributed by atoms with Crippen molar-refractivity contribution in [3.8, 4) is 0 Å². The van der Waals surface area contributed by atoms with E-state index in [0.29, 0.717) is 19.0 Å². The van der Waals surface area contributed by atoms with Gasteiger partial charge in [-0.05, 0) is 30.4 Å². The number of hydrazine groups is 1. The molecular formula is C17H21N5O3. The van der Waals surface area contributed by atoms with Crippen LogP contribution in [0.25, 0.3) is 10.9 Å². The lowest BCUT2D eigenvalue weighted by molar-refractivity contribution is -0.517. The highest BCUT2D eigenvalue weighted by Crippen LogP contribution is 2.33. The van der Waals surface area contributed by atoms with Crippen LogP contribution in [0.15, 0.2) is 30.5 Å². The summed E-state index contributed by atoms with van der Waals surface area (Å²) in [6, 6.07) is 6.55. The van der Waals surface area contributed by atoms with Gasteiger partial charge in [0.05, 0.1) is 6.54 Å². The number of amides is 1.